The fraction of sp³-hybridized carbons (Fsp3) is 0.263. The summed E-state index contributed by atoms with van der Waals surface area (Å²) < 4.78 is 56.2. The molecule has 1 aromatic carbocycles. The van der Waals surface area contributed by atoms with Crippen molar-refractivity contribution in [2.45, 2.75) is 26.1 Å². The number of ether oxygens (including phenoxy) is 1. The number of alkyl halides is 3. The van der Waals surface area contributed by atoms with Gasteiger partial charge in [-0.3, -0.25) is 4.79 Å². The Morgan fingerprint density at radius 3 is 2.67 bits per heavy atom. The van der Waals surface area contributed by atoms with Gasteiger partial charge in [0.15, 0.2) is 0 Å². The van der Waals surface area contributed by atoms with Crippen LogP contribution < -0.4 is 21.3 Å². The van der Waals surface area contributed by atoms with Crippen molar-refractivity contribution in [3.8, 4) is 5.75 Å². The Labute approximate surface area is 187 Å². The molecule has 0 bridgehead atoms. The monoisotopic (exact) mass is 487 g/mol. The number of nitrogens with zero attached hydrogens (tertiary/aromatic N) is 2. The van der Waals surface area contributed by atoms with Gasteiger partial charge in [-0.15, -0.1) is 11.3 Å². The second-order valence-corrected chi connectivity index (χ2v) is 7.71. The van der Waals surface area contributed by atoms with E-state index in [2.05, 4.69) is 20.1 Å². The van der Waals surface area contributed by atoms with Crippen LogP contribution in [-0.4, -0.2) is 40.7 Å². The number of anilines is 2. The number of nitrogens with one attached hydrogen (secondary N) is 2. The Hall–Kier alpha value is -3.52. The number of hydrogen-bond acceptors (Lipinski definition) is 9. The van der Waals surface area contributed by atoms with Gasteiger partial charge in [-0.25, -0.2) is 19.2 Å². The summed E-state index contributed by atoms with van der Waals surface area (Å²) in [5.41, 5.74) is 7.71. The van der Waals surface area contributed by atoms with Crippen molar-refractivity contribution in [3.63, 3.8) is 0 Å². The number of aromatic nitrogens is 2. The molecule has 2 aromatic heterocycles. The number of carbonyl (C=O) groups is 2. The van der Waals surface area contributed by atoms with Crippen LogP contribution in [0.25, 0.3) is 10.2 Å². The van der Waals surface area contributed by atoms with E-state index < -0.39 is 30.0 Å². The molecular weight excluding hydrogens is 470 g/mol. The first kappa shape index (κ1) is 24.1. The third-order valence-corrected chi connectivity index (χ3v) is 5.46. The lowest BCUT2D eigenvalue weighted by Crippen LogP contribution is -2.34. The van der Waals surface area contributed by atoms with E-state index in [4.69, 9.17) is 10.5 Å². The molecule has 0 fully saturated rings. The lowest BCUT2D eigenvalue weighted by molar-refractivity contribution is -0.204. The number of nitrogens with two attached hydrogens (primary N) is 1. The minimum atomic E-state index is -5.26. The zero-order chi connectivity index (χ0) is 24.3. The molecule has 9 nitrogen and oxygen atoms in total. The number of carbonyl (C=O) groups excluding carboxylic acids is 2. The second kappa shape index (κ2) is 9.54. The molecule has 0 radical (unpaired) electrons. The first-order valence-corrected chi connectivity index (χ1v) is 10.1. The summed E-state index contributed by atoms with van der Waals surface area (Å²) in [6.45, 7) is 3.41. The third kappa shape index (κ3) is 5.46. The maximum atomic E-state index is 13.7. The number of halogens is 4. The maximum absolute atomic E-state index is 13.7. The first-order valence-electron chi connectivity index (χ1n) is 9.27. The molecule has 0 saturated carbocycles. The summed E-state index contributed by atoms with van der Waals surface area (Å²) in [5.74, 6) is -3.76. The van der Waals surface area contributed by atoms with Crippen LogP contribution in [0, 0.1) is 12.7 Å². The van der Waals surface area contributed by atoms with Crippen molar-refractivity contribution >= 4 is 44.9 Å². The highest BCUT2D eigenvalue weighted by Crippen LogP contribution is 2.36. The average molecular weight is 487 g/mol. The molecule has 3 aromatic rings. The van der Waals surface area contributed by atoms with E-state index in [0.717, 1.165) is 11.3 Å². The zero-order valence-corrected chi connectivity index (χ0v) is 17.9. The summed E-state index contributed by atoms with van der Waals surface area (Å²) in [7, 11) is 0. The molecule has 176 valence electrons. The molecule has 0 aliphatic carbocycles. The number of amides is 1. The number of hydroxylamine groups is 1. The van der Waals surface area contributed by atoms with Crippen LogP contribution in [-0.2, 0) is 9.63 Å². The van der Waals surface area contributed by atoms with Crippen LogP contribution >= 0.6 is 11.3 Å². The first-order chi connectivity index (χ1) is 15.5. The van der Waals surface area contributed by atoms with Gasteiger partial charge >= 0.3 is 12.1 Å². The van der Waals surface area contributed by atoms with Crippen LogP contribution in [0.15, 0.2) is 24.5 Å². The number of hydrogen-bond donors (Lipinski definition) is 3. The largest absolute Gasteiger partial charge is 0.493 e. The summed E-state index contributed by atoms with van der Waals surface area (Å²) in [6.07, 6.45) is -4.46. The highest BCUT2D eigenvalue weighted by molar-refractivity contribution is 7.20. The van der Waals surface area contributed by atoms with Gasteiger partial charge in [-0.2, -0.15) is 18.7 Å². The smallest absolute Gasteiger partial charge is 0.487 e. The third-order valence-electron chi connectivity index (χ3n) is 4.26. The molecule has 1 amide bonds. The number of fused-ring (bicyclic) bond motifs is 1. The van der Waals surface area contributed by atoms with Crippen LogP contribution in [0.1, 0.15) is 22.2 Å². The summed E-state index contributed by atoms with van der Waals surface area (Å²) in [5, 5.41) is 3.38. The molecule has 0 aliphatic heterocycles. The van der Waals surface area contributed by atoms with Crippen LogP contribution in [0.4, 0.5) is 29.1 Å². The van der Waals surface area contributed by atoms with Gasteiger partial charge in [0.05, 0.1) is 11.1 Å². The van der Waals surface area contributed by atoms with Gasteiger partial charge in [0.1, 0.15) is 39.5 Å². The molecule has 0 spiro atoms. The lowest BCUT2D eigenvalue weighted by atomic mass is 10.2. The number of benzene rings is 1. The van der Waals surface area contributed by atoms with Crippen LogP contribution in [0.2, 0.25) is 0 Å². The molecular formula is C19H17F4N5O4S. The minimum absolute atomic E-state index is 0.0455. The fourth-order valence-corrected chi connectivity index (χ4v) is 3.70. The Bertz CT molecular complexity index is 1200. The minimum Gasteiger partial charge on any atom is -0.487 e. The Morgan fingerprint density at radius 2 is 2.00 bits per heavy atom. The average Bonchev–Trinajstić information content (AvgIpc) is 3.10. The Kier molecular flexibility index (Phi) is 6.98. The number of thiophene rings is 1. The molecule has 3 rings (SSSR count). The van der Waals surface area contributed by atoms with Crippen molar-refractivity contribution in [1.29, 1.82) is 0 Å². The van der Waals surface area contributed by atoms with Crippen molar-refractivity contribution < 1.29 is 36.7 Å². The molecule has 33 heavy (non-hydrogen) atoms. The molecule has 2 heterocycles. The topological polar surface area (TPSA) is 128 Å². The fourth-order valence-electron chi connectivity index (χ4n) is 2.67. The Morgan fingerprint density at radius 1 is 1.27 bits per heavy atom. The molecule has 0 aliphatic rings. The molecule has 4 N–H and O–H groups in total. The van der Waals surface area contributed by atoms with Crippen molar-refractivity contribution in [2.75, 3.05) is 11.9 Å². The van der Waals surface area contributed by atoms with E-state index in [9.17, 15) is 27.2 Å². The predicted octanol–water partition coefficient (Wildman–Crippen LogP) is 3.36. The molecule has 1 unspecified atom stereocenters. The van der Waals surface area contributed by atoms with Crippen molar-refractivity contribution in [2.24, 2.45) is 5.73 Å². The normalized spacial score (nSPS) is 12.3. The van der Waals surface area contributed by atoms with Crippen molar-refractivity contribution in [3.05, 3.63) is 40.8 Å². The van der Waals surface area contributed by atoms with E-state index in [1.165, 1.54) is 36.9 Å². The molecule has 1 atom stereocenters. The van der Waals surface area contributed by atoms with E-state index in [-0.39, 0.29) is 23.0 Å². The van der Waals surface area contributed by atoms with Crippen LogP contribution in [0.3, 0.4) is 0 Å². The lowest BCUT2D eigenvalue weighted by Gasteiger charge is -2.17. The predicted molar refractivity (Wildman–Crippen MR) is 111 cm³/mol. The van der Waals surface area contributed by atoms with Gasteiger partial charge in [-0.1, -0.05) is 0 Å². The zero-order valence-electron chi connectivity index (χ0n) is 17.1. The summed E-state index contributed by atoms with van der Waals surface area (Å²) in [6, 6.07) is 3.80. The SMILES string of the molecule is Cc1c(C(=O)NOC(=O)C(F)(F)F)sc2ncnc(Nc3ccc(F)cc3OC(C)CN)c12. The maximum Gasteiger partial charge on any atom is 0.493 e. The Balaban J connectivity index is 1.92. The van der Waals surface area contributed by atoms with Gasteiger partial charge < -0.3 is 20.6 Å². The van der Waals surface area contributed by atoms with E-state index in [0.29, 0.717) is 21.5 Å². The summed E-state index contributed by atoms with van der Waals surface area (Å²) in [4.78, 5) is 35.4. The summed E-state index contributed by atoms with van der Waals surface area (Å²) >= 11 is 0.853. The van der Waals surface area contributed by atoms with Gasteiger partial charge in [0, 0.05) is 12.6 Å². The number of rotatable bonds is 6. The number of aryl methyl sites for hydroxylation is 1. The second-order valence-electron chi connectivity index (χ2n) is 6.71. The van der Waals surface area contributed by atoms with E-state index in [1.54, 1.807) is 6.92 Å². The highest BCUT2D eigenvalue weighted by atomic mass is 32.1. The molecule has 14 heteroatoms. The van der Waals surface area contributed by atoms with E-state index in [1.807, 2.05) is 0 Å². The van der Waals surface area contributed by atoms with Gasteiger partial charge in [0.2, 0.25) is 0 Å². The molecule has 0 saturated heterocycles. The van der Waals surface area contributed by atoms with E-state index >= 15 is 0 Å². The standard InChI is InChI=1S/C19H17F4N5O4S/c1-8(6-24)31-12-5-10(20)3-4-11(12)27-15-13-9(2)14(33-17(13)26-7-25-15)16(29)28-32-18(30)19(21,22)23/h3-5,7-8H,6,24H2,1-2H3,(H,28,29)(H,25,26,27). The van der Waals surface area contributed by atoms with Crippen LogP contribution in [0.5, 0.6) is 5.75 Å². The van der Waals surface area contributed by atoms with Gasteiger partial charge in [-0.05, 0) is 31.5 Å². The van der Waals surface area contributed by atoms with Crippen molar-refractivity contribution in [1.82, 2.24) is 15.4 Å². The highest BCUT2D eigenvalue weighted by Gasteiger charge is 2.42. The van der Waals surface area contributed by atoms with Gasteiger partial charge in [0.25, 0.3) is 5.91 Å². The quantitative estimate of drug-likeness (QED) is 0.357.